The molecule has 1 aliphatic heterocycles. The van der Waals surface area contributed by atoms with Crippen molar-refractivity contribution < 1.29 is 9.59 Å². The fraction of sp³-hybridized carbons (Fsp3) is 0.286. The first-order chi connectivity index (χ1) is 14.2. The standard InChI is InChI=1S/C21H22N4O2S2/c26-19(23-17-7-1-2-8-18(17)25-9-3-4-10-25)12-15-14-29-21(22-15)24-20(27)13-16-6-5-11-28-16/h1-2,5-8,11,14H,3-4,9-10,12-13H2,(H,23,26)(H,22,24,27). The molecular formula is C21H22N4O2S2. The zero-order valence-electron chi connectivity index (χ0n) is 15.9. The molecule has 2 aromatic heterocycles. The average Bonchev–Trinajstić information content (AvgIpc) is 3.45. The summed E-state index contributed by atoms with van der Waals surface area (Å²) in [5.41, 5.74) is 2.55. The first-order valence-corrected chi connectivity index (χ1v) is 11.3. The summed E-state index contributed by atoms with van der Waals surface area (Å²) in [6.07, 6.45) is 2.87. The van der Waals surface area contributed by atoms with Gasteiger partial charge in [-0.1, -0.05) is 18.2 Å². The zero-order valence-corrected chi connectivity index (χ0v) is 17.5. The average molecular weight is 427 g/mol. The topological polar surface area (TPSA) is 74.3 Å². The Kier molecular flexibility index (Phi) is 6.21. The number of amides is 2. The normalized spacial score (nSPS) is 13.4. The Balaban J connectivity index is 1.33. The summed E-state index contributed by atoms with van der Waals surface area (Å²) in [4.78, 5) is 32.3. The maximum atomic E-state index is 12.5. The minimum absolute atomic E-state index is 0.0997. The second-order valence-electron chi connectivity index (χ2n) is 6.88. The molecule has 0 radical (unpaired) electrons. The quantitative estimate of drug-likeness (QED) is 0.595. The summed E-state index contributed by atoms with van der Waals surface area (Å²) >= 11 is 2.89. The number of benzene rings is 1. The highest BCUT2D eigenvalue weighted by molar-refractivity contribution is 7.14. The smallest absolute Gasteiger partial charge is 0.231 e. The van der Waals surface area contributed by atoms with Crippen molar-refractivity contribution in [2.75, 3.05) is 28.6 Å². The number of carbonyl (C=O) groups excluding carboxylic acids is 2. The van der Waals surface area contributed by atoms with Gasteiger partial charge in [0.25, 0.3) is 0 Å². The van der Waals surface area contributed by atoms with Gasteiger partial charge in [-0.25, -0.2) is 4.98 Å². The number of para-hydroxylation sites is 2. The molecular weight excluding hydrogens is 404 g/mol. The maximum Gasteiger partial charge on any atom is 0.231 e. The summed E-state index contributed by atoms with van der Waals surface area (Å²) in [7, 11) is 0. The Hall–Kier alpha value is -2.71. The second-order valence-corrected chi connectivity index (χ2v) is 8.77. The highest BCUT2D eigenvalue weighted by atomic mass is 32.1. The van der Waals surface area contributed by atoms with Crippen LogP contribution >= 0.6 is 22.7 Å². The second kappa shape index (κ2) is 9.19. The predicted molar refractivity (Wildman–Crippen MR) is 119 cm³/mol. The number of thiazole rings is 1. The maximum absolute atomic E-state index is 12.5. The highest BCUT2D eigenvalue weighted by Crippen LogP contribution is 2.28. The summed E-state index contributed by atoms with van der Waals surface area (Å²) in [6, 6.07) is 11.8. The molecule has 3 aromatic rings. The molecule has 1 aliphatic rings. The van der Waals surface area contributed by atoms with Crippen LogP contribution in [0.15, 0.2) is 47.2 Å². The van der Waals surface area contributed by atoms with Crippen molar-refractivity contribution in [3.63, 3.8) is 0 Å². The molecule has 0 aliphatic carbocycles. The van der Waals surface area contributed by atoms with Crippen LogP contribution in [-0.2, 0) is 22.4 Å². The molecule has 0 unspecified atom stereocenters. The molecule has 1 aromatic carbocycles. The van der Waals surface area contributed by atoms with Crippen molar-refractivity contribution in [1.82, 2.24) is 4.98 Å². The van der Waals surface area contributed by atoms with Crippen LogP contribution in [0.5, 0.6) is 0 Å². The molecule has 0 saturated carbocycles. The highest BCUT2D eigenvalue weighted by Gasteiger charge is 2.17. The monoisotopic (exact) mass is 426 g/mol. The van der Waals surface area contributed by atoms with Crippen LogP contribution in [0, 0.1) is 0 Å². The van der Waals surface area contributed by atoms with E-state index in [1.807, 2.05) is 47.2 Å². The number of aromatic nitrogens is 1. The molecule has 0 bridgehead atoms. The van der Waals surface area contributed by atoms with E-state index >= 15 is 0 Å². The number of anilines is 3. The Morgan fingerprint density at radius 1 is 0.966 bits per heavy atom. The van der Waals surface area contributed by atoms with Gasteiger partial charge in [-0.3, -0.25) is 9.59 Å². The molecule has 150 valence electrons. The lowest BCUT2D eigenvalue weighted by molar-refractivity contribution is -0.116. The summed E-state index contributed by atoms with van der Waals surface area (Å²) in [5.74, 6) is -0.212. The van der Waals surface area contributed by atoms with Crippen LogP contribution in [0.1, 0.15) is 23.4 Å². The Morgan fingerprint density at radius 3 is 2.55 bits per heavy atom. The van der Waals surface area contributed by atoms with E-state index in [0.717, 1.165) is 29.3 Å². The van der Waals surface area contributed by atoms with Crippen molar-refractivity contribution in [2.45, 2.75) is 25.7 Å². The van der Waals surface area contributed by atoms with Crippen molar-refractivity contribution in [3.8, 4) is 0 Å². The van der Waals surface area contributed by atoms with E-state index in [1.165, 1.54) is 24.2 Å². The van der Waals surface area contributed by atoms with Gasteiger partial charge in [0.2, 0.25) is 11.8 Å². The lowest BCUT2D eigenvalue weighted by atomic mass is 10.2. The number of hydrogen-bond donors (Lipinski definition) is 2. The number of carbonyl (C=O) groups is 2. The van der Waals surface area contributed by atoms with Crippen LogP contribution in [-0.4, -0.2) is 29.9 Å². The molecule has 1 saturated heterocycles. The van der Waals surface area contributed by atoms with Crippen molar-refractivity contribution in [1.29, 1.82) is 0 Å². The molecule has 8 heteroatoms. The number of nitrogens with one attached hydrogen (secondary N) is 2. The van der Waals surface area contributed by atoms with Gasteiger partial charge in [0.1, 0.15) is 0 Å². The first-order valence-electron chi connectivity index (χ1n) is 9.58. The molecule has 3 heterocycles. The van der Waals surface area contributed by atoms with Crippen molar-refractivity contribution >= 4 is 51.0 Å². The predicted octanol–water partition coefficient (Wildman–Crippen LogP) is 4.17. The van der Waals surface area contributed by atoms with Gasteiger partial charge in [0, 0.05) is 23.3 Å². The van der Waals surface area contributed by atoms with E-state index < -0.39 is 0 Å². The largest absolute Gasteiger partial charge is 0.370 e. The van der Waals surface area contributed by atoms with Gasteiger partial charge in [-0.15, -0.1) is 22.7 Å². The van der Waals surface area contributed by atoms with Crippen LogP contribution in [0.25, 0.3) is 0 Å². The summed E-state index contributed by atoms with van der Waals surface area (Å²) in [6.45, 7) is 2.04. The number of nitrogens with zero attached hydrogens (tertiary/aromatic N) is 2. The fourth-order valence-electron chi connectivity index (χ4n) is 3.35. The first kappa shape index (κ1) is 19.6. The Labute approximate surface area is 177 Å². The van der Waals surface area contributed by atoms with E-state index in [1.54, 1.807) is 11.3 Å². The van der Waals surface area contributed by atoms with E-state index in [-0.39, 0.29) is 18.2 Å². The third-order valence-corrected chi connectivity index (χ3v) is 6.36. The van der Waals surface area contributed by atoms with Gasteiger partial charge >= 0.3 is 0 Å². The van der Waals surface area contributed by atoms with E-state index in [0.29, 0.717) is 17.2 Å². The zero-order chi connectivity index (χ0) is 20.1. The molecule has 0 atom stereocenters. The third kappa shape index (κ3) is 5.21. The molecule has 4 rings (SSSR count). The van der Waals surface area contributed by atoms with Gasteiger partial charge in [0.15, 0.2) is 5.13 Å². The summed E-state index contributed by atoms with van der Waals surface area (Å²) < 4.78 is 0. The van der Waals surface area contributed by atoms with Crippen molar-refractivity contribution in [2.24, 2.45) is 0 Å². The minimum atomic E-state index is -0.113. The van der Waals surface area contributed by atoms with Crippen LogP contribution < -0.4 is 15.5 Å². The lowest BCUT2D eigenvalue weighted by Crippen LogP contribution is -2.21. The van der Waals surface area contributed by atoms with Crippen LogP contribution in [0.2, 0.25) is 0 Å². The van der Waals surface area contributed by atoms with Crippen molar-refractivity contribution in [3.05, 3.63) is 57.7 Å². The molecule has 0 spiro atoms. The molecule has 6 nitrogen and oxygen atoms in total. The van der Waals surface area contributed by atoms with Crippen LogP contribution in [0.3, 0.4) is 0 Å². The number of rotatable bonds is 7. The molecule has 1 fully saturated rings. The van der Waals surface area contributed by atoms with E-state index in [2.05, 4.69) is 20.5 Å². The van der Waals surface area contributed by atoms with E-state index in [4.69, 9.17) is 0 Å². The summed E-state index contributed by atoms with van der Waals surface area (Å²) in [5, 5.41) is 10.1. The van der Waals surface area contributed by atoms with Gasteiger partial charge in [0.05, 0.1) is 29.9 Å². The van der Waals surface area contributed by atoms with Gasteiger partial charge in [-0.05, 0) is 36.4 Å². The Morgan fingerprint density at radius 2 is 1.76 bits per heavy atom. The lowest BCUT2D eigenvalue weighted by Gasteiger charge is -2.21. The molecule has 2 N–H and O–H groups in total. The van der Waals surface area contributed by atoms with E-state index in [9.17, 15) is 9.59 Å². The molecule has 29 heavy (non-hydrogen) atoms. The number of thiophene rings is 1. The fourth-order valence-corrected chi connectivity index (χ4v) is 4.78. The molecule has 2 amide bonds. The Bertz CT molecular complexity index is 978. The SMILES string of the molecule is O=C(Cc1cccs1)Nc1nc(CC(=O)Nc2ccccc2N2CCCC2)cs1. The number of hydrogen-bond acceptors (Lipinski definition) is 6. The minimum Gasteiger partial charge on any atom is -0.370 e. The van der Waals surface area contributed by atoms with Gasteiger partial charge in [-0.2, -0.15) is 0 Å². The third-order valence-electron chi connectivity index (χ3n) is 4.68. The van der Waals surface area contributed by atoms with Gasteiger partial charge < -0.3 is 15.5 Å². The van der Waals surface area contributed by atoms with Crippen LogP contribution in [0.4, 0.5) is 16.5 Å².